The molecule has 0 aliphatic carbocycles. The molecule has 6 nitrogen and oxygen atoms in total. The third-order valence-electron chi connectivity index (χ3n) is 2.44. The van der Waals surface area contributed by atoms with Gasteiger partial charge in [0.2, 0.25) is 5.91 Å². The van der Waals surface area contributed by atoms with Crippen molar-refractivity contribution in [2.24, 2.45) is 0 Å². The predicted molar refractivity (Wildman–Crippen MR) is 70.9 cm³/mol. The molecule has 0 bridgehead atoms. The average Bonchev–Trinajstić information content (AvgIpc) is 2.28. The summed E-state index contributed by atoms with van der Waals surface area (Å²) in [6, 6.07) is 1.39. The van der Waals surface area contributed by atoms with Gasteiger partial charge in [-0.1, -0.05) is 13.8 Å². The minimum Gasteiger partial charge on any atom is -0.355 e. The molecule has 0 unspecified atom stereocenters. The number of aromatic amines is 1. The van der Waals surface area contributed by atoms with Gasteiger partial charge in [-0.15, -0.1) is 0 Å². The Labute approximate surface area is 106 Å². The summed E-state index contributed by atoms with van der Waals surface area (Å²) in [7, 11) is 1.74. The van der Waals surface area contributed by atoms with Crippen LogP contribution in [-0.4, -0.2) is 36.0 Å². The fourth-order valence-corrected chi connectivity index (χ4v) is 1.48. The molecule has 1 aromatic heterocycles. The van der Waals surface area contributed by atoms with Gasteiger partial charge in [-0.3, -0.25) is 9.59 Å². The Morgan fingerprint density at radius 1 is 1.56 bits per heavy atom. The van der Waals surface area contributed by atoms with Gasteiger partial charge in [0.15, 0.2) is 0 Å². The van der Waals surface area contributed by atoms with Crippen LogP contribution >= 0.6 is 0 Å². The summed E-state index contributed by atoms with van der Waals surface area (Å²) in [4.78, 5) is 31.7. The van der Waals surface area contributed by atoms with Crippen molar-refractivity contribution in [3.05, 3.63) is 22.2 Å². The molecular formula is C12H20N4O2. The summed E-state index contributed by atoms with van der Waals surface area (Å²) in [6.45, 7) is 6.53. The molecule has 0 saturated heterocycles. The normalized spacial score (nSPS) is 10.5. The van der Waals surface area contributed by atoms with E-state index in [0.717, 1.165) is 0 Å². The molecule has 0 saturated carbocycles. The third kappa shape index (κ3) is 3.87. The first kappa shape index (κ1) is 14.2. The van der Waals surface area contributed by atoms with Crippen molar-refractivity contribution in [1.29, 1.82) is 0 Å². The first-order valence-electron chi connectivity index (χ1n) is 6.03. The smallest absolute Gasteiger partial charge is 0.252 e. The van der Waals surface area contributed by atoms with Gasteiger partial charge in [0.25, 0.3) is 5.56 Å². The first-order chi connectivity index (χ1) is 8.43. The molecule has 0 fully saturated rings. The van der Waals surface area contributed by atoms with E-state index in [0.29, 0.717) is 18.2 Å². The van der Waals surface area contributed by atoms with E-state index in [4.69, 9.17) is 0 Å². The quantitative estimate of drug-likeness (QED) is 0.798. The van der Waals surface area contributed by atoms with Gasteiger partial charge in [-0.25, -0.2) is 4.98 Å². The van der Waals surface area contributed by atoms with Crippen LogP contribution in [0, 0.1) is 0 Å². The first-order valence-corrected chi connectivity index (χ1v) is 6.03. The number of carbonyl (C=O) groups is 1. The molecular weight excluding hydrogens is 232 g/mol. The van der Waals surface area contributed by atoms with Crippen LogP contribution in [0.1, 0.15) is 32.5 Å². The molecule has 6 heteroatoms. The van der Waals surface area contributed by atoms with E-state index in [1.807, 2.05) is 20.8 Å². The van der Waals surface area contributed by atoms with Gasteiger partial charge < -0.3 is 15.2 Å². The lowest BCUT2D eigenvalue weighted by molar-refractivity contribution is -0.119. The molecule has 0 atom stereocenters. The molecule has 100 valence electrons. The Morgan fingerprint density at radius 2 is 2.22 bits per heavy atom. The minimum atomic E-state index is -0.202. The van der Waals surface area contributed by atoms with Gasteiger partial charge in [-0.05, 0) is 6.92 Å². The summed E-state index contributed by atoms with van der Waals surface area (Å²) in [5.41, 5.74) is -0.202. The summed E-state index contributed by atoms with van der Waals surface area (Å²) < 4.78 is 0. The van der Waals surface area contributed by atoms with E-state index in [9.17, 15) is 9.59 Å². The third-order valence-corrected chi connectivity index (χ3v) is 2.44. The van der Waals surface area contributed by atoms with Crippen molar-refractivity contribution in [3.8, 4) is 0 Å². The second-order valence-electron chi connectivity index (χ2n) is 4.45. The van der Waals surface area contributed by atoms with Crippen LogP contribution in [0.4, 0.5) is 5.82 Å². The van der Waals surface area contributed by atoms with Crippen LogP contribution in [-0.2, 0) is 4.79 Å². The second-order valence-corrected chi connectivity index (χ2v) is 4.45. The fraction of sp³-hybridized carbons (Fsp3) is 0.583. The maximum absolute atomic E-state index is 11.5. The van der Waals surface area contributed by atoms with Crippen LogP contribution in [0.5, 0.6) is 0 Å². The summed E-state index contributed by atoms with van der Waals surface area (Å²) in [5.74, 6) is 1.18. The molecule has 0 aliphatic rings. The van der Waals surface area contributed by atoms with E-state index in [-0.39, 0.29) is 23.9 Å². The largest absolute Gasteiger partial charge is 0.355 e. The van der Waals surface area contributed by atoms with E-state index >= 15 is 0 Å². The molecule has 0 aliphatic heterocycles. The maximum Gasteiger partial charge on any atom is 0.252 e. The van der Waals surface area contributed by atoms with Crippen molar-refractivity contribution in [2.75, 3.05) is 25.0 Å². The lowest BCUT2D eigenvalue weighted by Gasteiger charge is -2.18. The zero-order chi connectivity index (χ0) is 13.7. The monoisotopic (exact) mass is 252 g/mol. The SMILES string of the molecule is CCNC(=O)CN(C)c1cc(=O)[nH]c(C(C)C)n1. The molecule has 0 spiro atoms. The van der Waals surface area contributed by atoms with E-state index in [1.165, 1.54) is 6.07 Å². The maximum atomic E-state index is 11.5. The number of hydrogen-bond acceptors (Lipinski definition) is 4. The van der Waals surface area contributed by atoms with E-state index < -0.39 is 0 Å². The topological polar surface area (TPSA) is 78.1 Å². The molecule has 1 heterocycles. The summed E-state index contributed by atoms with van der Waals surface area (Å²) >= 11 is 0. The highest BCUT2D eigenvalue weighted by molar-refractivity contribution is 5.80. The van der Waals surface area contributed by atoms with Crippen LogP contribution in [0.25, 0.3) is 0 Å². The number of hydrogen-bond donors (Lipinski definition) is 2. The Balaban J connectivity index is 2.88. The van der Waals surface area contributed by atoms with Gasteiger partial charge in [0.05, 0.1) is 6.54 Å². The Morgan fingerprint density at radius 3 is 2.78 bits per heavy atom. The number of likely N-dealkylation sites (N-methyl/N-ethyl adjacent to an activating group) is 2. The highest BCUT2D eigenvalue weighted by atomic mass is 16.2. The molecule has 1 amide bonds. The van der Waals surface area contributed by atoms with E-state index in [2.05, 4.69) is 15.3 Å². The van der Waals surface area contributed by atoms with Gasteiger partial charge in [0.1, 0.15) is 11.6 Å². The number of aromatic nitrogens is 2. The number of H-pyrrole nitrogens is 1. The zero-order valence-electron chi connectivity index (χ0n) is 11.3. The lowest BCUT2D eigenvalue weighted by atomic mass is 10.2. The number of amides is 1. The fourth-order valence-electron chi connectivity index (χ4n) is 1.48. The Kier molecular flexibility index (Phi) is 4.88. The second kappa shape index (κ2) is 6.18. The van der Waals surface area contributed by atoms with Gasteiger partial charge >= 0.3 is 0 Å². The number of rotatable bonds is 5. The van der Waals surface area contributed by atoms with Crippen molar-refractivity contribution >= 4 is 11.7 Å². The van der Waals surface area contributed by atoms with Crippen LogP contribution in [0.3, 0.4) is 0 Å². The number of nitrogens with zero attached hydrogens (tertiary/aromatic N) is 2. The highest BCUT2D eigenvalue weighted by Gasteiger charge is 2.11. The van der Waals surface area contributed by atoms with Gasteiger partial charge in [-0.2, -0.15) is 0 Å². The van der Waals surface area contributed by atoms with Crippen molar-refractivity contribution in [3.63, 3.8) is 0 Å². The number of carbonyl (C=O) groups excluding carboxylic acids is 1. The Bertz CT molecular complexity index is 467. The summed E-state index contributed by atoms with van der Waals surface area (Å²) in [5, 5.41) is 2.70. The Hall–Kier alpha value is -1.85. The zero-order valence-corrected chi connectivity index (χ0v) is 11.3. The highest BCUT2D eigenvalue weighted by Crippen LogP contribution is 2.11. The molecule has 1 aromatic rings. The van der Waals surface area contributed by atoms with Crippen molar-refractivity contribution in [1.82, 2.24) is 15.3 Å². The molecule has 0 aromatic carbocycles. The molecule has 1 rings (SSSR count). The van der Waals surface area contributed by atoms with Crippen LogP contribution in [0.2, 0.25) is 0 Å². The molecule has 0 radical (unpaired) electrons. The standard InChI is InChI=1S/C12H20N4O2/c1-5-13-11(18)7-16(4)9-6-10(17)15-12(14-9)8(2)3/h6,8H,5,7H2,1-4H3,(H,13,18)(H,14,15,17). The molecule has 18 heavy (non-hydrogen) atoms. The number of anilines is 1. The number of nitrogens with one attached hydrogen (secondary N) is 2. The van der Waals surface area contributed by atoms with E-state index in [1.54, 1.807) is 11.9 Å². The molecule has 2 N–H and O–H groups in total. The van der Waals surface area contributed by atoms with Crippen LogP contribution in [0.15, 0.2) is 10.9 Å². The minimum absolute atomic E-state index is 0.0896. The average molecular weight is 252 g/mol. The van der Waals surface area contributed by atoms with Crippen molar-refractivity contribution < 1.29 is 4.79 Å². The van der Waals surface area contributed by atoms with Crippen LogP contribution < -0.4 is 15.8 Å². The summed E-state index contributed by atoms with van der Waals surface area (Å²) in [6.07, 6.45) is 0. The lowest BCUT2D eigenvalue weighted by Crippen LogP contribution is -2.36. The predicted octanol–water partition coefficient (Wildman–Crippen LogP) is 0.466. The van der Waals surface area contributed by atoms with Crippen molar-refractivity contribution in [2.45, 2.75) is 26.7 Å². The van der Waals surface area contributed by atoms with Gasteiger partial charge in [0, 0.05) is 25.6 Å².